The van der Waals surface area contributed by atoms with Gasteiger partial charge in [0.05, 0.1) is 11.2 Å². The fourth-order valence-corrected chi connectivity index (χ4v) is 3.69. The molecule has 0 spiro atoms. The standard InChI is InChI=1S/C22H22F2N4O/c1-14-17-4-2-3-5-20(17)27-22(26-14)28-10-8-16(9-11-28)21(29)25-13-15-6-7-18(23)19(24)12-15/h2-7,12,16H,8-11,13H2,1H3,(H,25,29). The van der Waals surface area contributed by atoms with E-state index in [1.165, 1.54) is 6.07 Å². The Labute approximate surface area is 167 Å². The summed E-state index contributed by atoms with van der Waals surface area (Å²) in [6, 6.07) is 11.6. The molecule has 3 aromatic rings. The first kappa shape index (κ1) is 19.2. The molecule has 7 heteroatoms. The van der Waals surface area contributed by atoms with Gasteiger partial charge in [-0.3, -0.25) is 4.79 Å². The summed E-state index contributed by atoms with van der Waals surface area (Å²) in [5.41, 5.74) is 2.40. The number of carbonyl (C=O) groups is 1. The Morgan fingerprint density at radius 2 is 1.86 bits per heavy atom. The highest BCUT2D eigenvalue weighted by molar-refractivity contribution is 5.82. The molecule has 0 bridgehead atoms. The van der Waals surface area contributed by atoms with Gasteiger partial charge >= 0.3 is 0 Å². The number of halogens is 2. The number of nitrogens with zero attached hydrogens (tertiary/aromatic N) is 3. The van der Waals surface area contributed by atoms with Crippen LogP contribution in [0, 0.1) is 24.5 Å². The van der Waals surface area contributed by atoms with Gasteiger partial charge in [-0.2, -0.15) is 0 Å². The molecule has 2 aromatic carbocycles. The molecular formula is C22H22F2N4O. The van der Waals surface area contributed by atoms with Crippen molar-refractivity contribution in [2.45, 2.75) is 26.3 Å². The van der Waals surface area contributed by atoms with E-state index >= 15 is 0 Å². The second-order valence-corrected chi connectivity index (χ2v) is 7.35. The SMILES string of the molecule is Cc1nc(N2CCC(C(=O)NCc3ccc(F)c(F)c3)CC2)nc2ccccc12. The van der Waals surface area contributed by atoms with E-state index in [1.54, 1.807) is 0 Å². The number of aryl methyl sites for hydroxylation is 1. The Kier molecular flexibility index (Phi) is 5.38. The highest BCUT2D eigenvalue weighted by Crippen LogP contribution is 2.24. The lowest BCUT2D eigenvalue weighted by Gasteiger charge is -2.31. The van der Waals surface area contributed by atoms with E-state index in [-0.39, 0.29) is 18.4 Å². The first-order valence-corrected chi connectivity index (χ1v) is 9.71. The molecule has 1 saturated heterocycles. The van der Waals surface area contributed by atoms with Crippen LogP contribution >= 0.6 is 0 Å². The first-order chi connectivity index (χ1) is 14.0. The number of rotatable bonds is 4. The van der Waals surface area contributed by atoms with Crippen LogP contribution in [0.4, 0.5) is 14.7 Å². The van der Waals surface area contributed by atoms with Gasteiger partial charge in [0.15, 0.2) is 11.6 Å². The summed E-state index contributed by atoms with van der Waals surface area (Å²) in [7, 11) is 0. The smallest absolute Gasteiger partial charge is 0.226 e. The topological polar surface area (TPSA) is 58.1 Å². The molecule has 1 aromatic heterocycles. The molecule has 1 fully saturated rings. The Morgan fingerprint density at radius 3 is 2.62 bits per heavy atom. The minimum atomic E-state index is -0.907. The molecule has 2 heterocycles. The van der Waals surface area contributed by atoms with Gasteiger partial charge in [0.2, 0.25) is 11.9 Å². The molecule has 0 radical (unpaired) electrons. The second-order valence-electron chi connectivity index (χ2n) is 7.35. The first-order valence-electron chi connectivity index (χ1n) is 9.71. The van der Waals surface area contributed by atoms with Crippen LogP contribution in [0.3, 0.4) is 0 Å². The van der Waals surface area contributed by atoms with Gasteiger partial charge < -0.3 is 10.2 Å². The van der Waals surface area contributed by atoms with E-state index in [0.717, 1.165) is 28.7 Å². The number of anilines is 1. The Hall–Kier alpha value is -3.09. The van der Waals surface area contributed by atoms with Gasteiger partial charge in [0.25, 0.3) is 0 Å². The van der Waals surface area contributed by atoms with E-state index in [9.17, 15) is 13.6 Å². The predicted octanol–water partition coefficient (Wildman–Crippen LogP) is 3.75. The van der Waals surface area contributed by atoms with Crippen molar-refractivity contribution in [2.75, 3.05) is 18.0 Å². The van der Waals surface area contributed by atoms with Crippen molar-refractivity contribution < 1.29 is 13.6 Å². The van der Waals surface area contributed by atoms with Gasteiger partial charge in [-0.25, -0.2) is 18.7 Å². The number of carbonyl (C=O) groups excluding carboxylic acids is 1. The zero-order chi connectivity index (χ0) is 20.4. The molecule has 0 unspecified atom stereocenters. The summed E-state index contributed by atoms with van der Waals surface area (Å²) in [5.74, 6) is -1.28. The normalized spacial score (nSPS) is 14.9. The average Bonchev–Trinajstić information content (AvgIpc) is 2.74. The summed E-state index contributed by atoms with van der Waals surface area (Å²) in [6.45, 7) is 3.55. The predicted molar refractivity (Wildman–Crippen MR) is 107 cm³/mol. The van der Waals surface area contributed by atoms with Crippen LogP contribution in [0.15, 0.2) is 42.5 Å². The van der Waals surface area contributed by atoms with Crippen molar-refractivity contribution in [1.82, 2.24) is 15.3 Å². The number of piperidine rings is 1. The van der Waals surface area contributed by atoms with E-state index in [2.05, 4.69) is 20.2 Å². The zero-order valence-corrected chi connectivity index (χ0v) is 16.2. The molecule has 5 nitrogen and oxygen atoms in total. The van der Waals surface area contributed by atoms with Gasteiger partial charge in [-0.1, -0.05) is 24.3 Å². The van der Waals surface area contributed by atoms with Gasteiger partial charge in [-0.05, 0) is 43.5 Å². The third kappa shape index (κ3) is 4.18. The van der Waals surface area contributed by atoms with Gasteiger partial charge in [0.1, 0.15) is 0 Å². The lowest BCUT2D eigenvalue weighted by atomic mass is 9.96. The van der Waals surface area contributed by atoms with Gasteiger partial charge in [0, 0.05) is 30.9 Å². The number of benzene rings is 2. The lowest BCUT2D eigenvalue weighted by molar-refractivity contribution is -0.125. The third-order valence-corrected chi connectivity index (χ3v) is 5.38. The van der Waals surface area contributed by atoms with Crippen molar-refractivity contribution in [3.8, 4) is 0 Å². The van der Waals surface area contributed by atoms with E-state index in [0.29, 0.717) is 37.4 Å². The van der Waals surface area contributed by atoms with Crippen LogP contribution in [-0.4, -0.2) is 29.0 Å². The summed E-state index contributed by atoms with van der Waals surface area (Å²) in [5, 5.41) is 3.87. The minimum Gasteiger partial charge on any atom is -0.352 e. The van der Waals surface area contributed by atoms with Crippen LogP contribution in [0.5, 0.6) is 0 Å². The van der Waals surface area contributed by atoms with Crippen LogP contribution in [-0.2, 0) is 11.3 Å². The summed E-state index contributed by atoms with van der Waals surface area (Å²) in [6.07, 6.45) is 1.39. The molecule has 1 aliphatic heterocycles. The van der Waals surface area contributed by atoms with E-state index in [1.807, 2.05) is 31.2 Å². The number of fused-ring (bicyclic) bond motifs is 1. The maximum atomic E-state index is 13.3. The lowest BCUT2D eigenvalue weighted by Crippen LogP contribution is -2.41. The Bertz CT molecular complexity index is 1050. The summed E-state index contributed by atoms with van der Waals surface area (Å²) in [4.78, 5) is 23.9. The molecule has 29 heavy (non-hydrogen) atoms. The molecule has 0 aliphatic carbocycles. The van der Waals surface area contributed by atoms with E-state index in [4.69, 9.17) is 0 Å². The third-order valence-electron chi connectivity index (χ3n) is 5.38. The monoisotopic (exact) mass is 396 g/mol. The van der Waals surface area contributed by atoms with Crippen LogP contribution in [0.2, 0.25) is 0 Å². The number of hydrogen-bond acceptors (Lipinski definition) is 4. The summed E-state index contributed by atoms with van der Waals surface area (Å²) < 4.78 is 26.3. The van der Waals surface area contributed by atoms with Crippen molar-refractivity contribution in [3.05, 3.63) is 65.4 Å². The number of nitrogens with one attached hydrogen (secondary N) is 1. The molecular weight excluding hydrogens is 374 g/mol. The second kappa shape index (κ2) is 8.11. The van der Waals surface area contributed by atoms with Crippen LogP contribution in [0.25, 0.3) is 10.9 Å². The molecule has 1 amide bonds. The molecule has 4 rings (SSSR count). The fourth-order valence-electron chi connectivity index (χ4n) is 3.69. The highest BCUT2D eigenvalue weighted by Gasteiger charge is 2.26. The zero-order valence-electron chi connectivity index (χ0n) is 16.2. The Morgan fingerprint density at radius 1 is 1.10 bits per heavy atom. The quantitative estimate of drug-likeness (QED) is 0.730. The number of hydrogen-bond donors (Lipinski definition) is 1. The number of aromatic nitrogens is 2. The van der Waals surface area contributed by atoms with Crippen molar-refractivity contribution in [3.63, 3.8) is 0 Å². The van der Waals surface area contributed by atoms with Crippen LogP contribution < -0.4 is 10.2 Å². The molecule has 150 valence electrons. The van der Waals surface area contributed by atoms with E-state index < -0.39 is 11.6 Å². The van der Waals surface area contributed by atoms with Crippen molar-refractivity contribution in [1.29, 1.82) is 0 Å². The number of amides is 1. The average molecular weight is 396 g/mol. The highest BCUT2D eigenvalue weighted by atomic mass is 19.2. The van der Waals surface area contributed by atoms with Gasteiger partial charge in [-0.15, -0.1) is 0 Å². The largest absolute Gasteiger partial charge is 0.352 e. The molecule has 0 atom stereocenters. The minimum absolute atomic E-state index is 0.0648. The Balaban J connectivity index is 1.35. The number of para-hydroxylation sites is 1. The van der Waals surface area contributed by atoms with Crippen molar-refractivity contribution >= 4 is 22.8 Å². The van der Waals surface area contributed by atoms with Crippen molar-refractivity contribution in [2.24, 2.45) is 5.92 Å². The molecule has 1 N–H and O–H groups in total. The fraction of sp³-hybridized carbons (Fsp3) is 0.318. The maximum Gasteiger partial charge on any atom is 0.226 e. The molecule has 0 saturated carbocycles. The summed E-state index contributed by atoms with van der Waals surface area (Å²) >= 11 is 0. The van der Waals surface area contributed by atoms with Crippen LogP contribution in [0.1, 0.15) is 24.1 Å². The molecule has 1 aliphatic rings. The maximum absolute atomic E-state index is 13.3.